The second-order valence-corrected chi connectivity index (χ2v) is 3.64. The molecule has 0 aliphatic heterocycles. The highest BCUT2D eigenvalue weighted by Gasteiger charge is 2.60. The van der Waals surface area contributed by atoms with Crippen LogP contribution in [0.1, 0.15) is 5.56 Å². The number of alkyl halides is 6. The van der Waals surface area contributed by atoms with Crippen LogP contribution in [0.3, 0.4) is 0 Å². The fourth-order valence-corrected chi connectivity index (χ4v) is 1.45. The Kier molecular flexibility index (Phi) is 4.03. The van der Waals surface area contributed by atoms with Gasteiger partial charge in [0.05, 0.1) is 0 Å². The van der Waals surface area contributed by atoms with Gasteiger partial charge in [0.25, 0.3) is 0 Å². The molecule has 0 amide bonds. The summed E-state index contributed by atoms with van der Waals surface area (Å²) in [5.74, 6) is -5.83. The first kappa shape index (κ1) is 14.5. The molecule has 0 bridgehead atoms. The number of carbonyl (C=O) groups is 1. The first-order chi connectivity index (χ1) is 8.12. The Morgan fingerprint density at radius 3 is 1.78 bits per heavy atom. The van der Waals surface area contributed by atoms with E-state index in [-0.39, 0.29) is 5.56 Å². The van der Waals surface area contributed by atoms with Crippen molar-refractivity contribution in [1.82, 2.24) is 0 Å². The van der Waals surface area contributed by atoms with Crippen LogP contribution in [0.4, 0.5) is 26.3 Å². The molecule has 0 saturated carbocycles. The van der Waals surface area contributed by atoms with Crippen LogP contribution in [0.25, 0.3) is 0 Å². The molecule has 0 fully saturated rings. The molecular formula is C11H8F6O. The average Bonchev–Trinajstić information content (AvgIpc) is 2.13. The molecule has 1 aromatic rings. The van der Waals surface area contributed by atoms with E-state index in [0.717, 1.165) is 0 Å². The van der Waals surface area contributed by atoms with Crippen LogP contribution >= 0.6 is 0 Å². The Balaban J connectivity index is 2.92. The summed E-state index contributed by atoms with van der Waals surface area (Å²) in [6, 6.07) is 6.99. The Morgan fingerprint density at radius 1 is 0.944 bits per heavy atom. The highest BCUT2D eigenvalue weighted by atomic mass is 19.4. The summed E-state index contributed by atoms with van der Waals surface area (Å²) in [7, 11) is 0. The van der Waals surface area contributed by atoms with Crippen LogP contribution in [-0.2, 0) is 11.2 Å². The molecule has 0 saturated heterocycles. The molecule has 0 heterocycles. The molecule has 0 N–H and O–H groups in total. The fourth-order valence-electron chi connectivity index (χ4n) is 1.45. The van der Waals surface area contributed by atoms with Gasteiger partial charge in [0.2, 0.25) is 5.92 Å². The maximum absolute atomic E-state index is 12.2. The second-order valence-electron chi connectivity index (χ2n) is 3.64. The Labute approximate surface area is 98.4 Å². The molecule has 7 heteroatoms. The van der Waals surface area contributed by atoms with Crippen LogP contribution in [0.2, 0.25) is 0 Å². The summed E-state index contributed by atoms with van der Waals surface area (Å²) >= 11 is 0. The molecule has 0 aliphatic carbocycles. The van der Waals surface area contributed by atoms with Gasteiger partial charge in [-0.1, -0.05) is 30.3 Å². The van der Waals surface area contributed by atoms with Gasteiger partial charge in [-0.3, -0.25) is 4.79 Å². The number of carbonyl (C=O) groups excluding carboxylic acids is 1. The zero-order valence-electron chi connectivity index (χ0n) is 8.85. The zero-order chi connectivity index (χ0) is 14.0. The van der Waals surface area contributed by atoms with Crippen molar-refractivity contribution in [3.63, 3.8) is 0 Å². The number of Topliss-reactive ketones (excluding diaryl/α,β-unsaturated/α-hetero) is 1. The van der Waals surface area contributed by atoms with Crippen molar-refractivity contribution in [2.75, 3.05) is 0 Å². The third-order valence-electron chi connectivity index (χ3n) is 2.20. The maximum Gasteiger partial charge on any atom is 0.407 e. The quantitative estimate of drug-likeness (QED) is 0.768. The first-order valence-corrected chi connectivity index (χ1v) is 4.82. The monoisotopic (exact) mass is 270 g/mol. The Hall–Kier alpha value is -1.53. The van der Waals surface area contributed by atoms with Gasteiger partial charge >= 0.3 is 12.4 Å². The van der Waals surface area contributed by atoms with Crippen molar-refractivity contribution in [2.24, 2.45) is 5.92 Å². The van der Waals surface area contributed by atoms with Gasteiger partial charge < -0.3 is 0 Å². The summed E-state index contributed by atoms with van der Waals surface area (Å²) in [5, 5.41) is 0. The zero-order valence-corrected chi connectivity index (χ0v) is 8.85. The van der Waals surface area contributed by atoms with E-state index in [1.54, 1.807) is 6.07 Å². The molecule has 100 valence electrons. The lowest BCUT2D eigenvalue weighted by atomic mass is 9.97. The van der Waals surface area contributed by atoms with Crippen molar-refractivity contribution in [3.05, 3.63) is 35.9 Å². The van der Waals surface area contributed by atoms with Crippen molar-refractivity contribution in [1.29, 1.82) is 0 Å². The summed E-state index contributed by atoms with van der Waals surface area (Å²) < 4.78 is 73.4. The molecule has 18 heavy (non-hydrogen) atoms. The van der Waals surface area contributed by atoms with E-state index in [1.165, 1.54) is 24.3 Å². The predicted molar refractivity (Wildman–Crippen MR) is 50.8 cm³/mol. The smallest absolute Gasteiger partial charge is 0.298 e. The minimum absolute atomic E-state index is 0.112. The number of rotatable bonds is 3. The lowest BCUT2D eigenvalue weighted by Crippen LogP contribution is -2.43. The summed E-state index contributed by atoms with van der Waals surface area (Å²) in [5.41, 5.74) is 0.112. The molecule has 0 aromatic heterocycles. The van der Waals surface area contributed by atoms with Gasteiger partial charge in [-0.25, -0.2) is 0 Å². The van der Waals surface area contributed by atoms with Crippen LogP contribution < -0.4 is 0 Å². The topological polar surface area (TPSA) is 17.1 Å². The summed E-state index contributed by atoms with van der Waals surface area (Å²) in [4.78, 5) is 11.2. The highest BCUT2D eigenvalue weighted by molar-refractivity contribution is 5.84. The van der Waals surface area contributed by atoms with E-state index in [0.29, 0.717) is 0 Å². The van der Waals surface area contributed by atoms with Gasteiger partial charge in [-0.2, -0.15) is 26.3 Å². The van der Waals surface area contributed by atoms with Gasteiger partial charge in [-0.15, -0.1) is 0 Å². The van der Waals surface area contributed by atoms with E-state index in [1.807, 2.05) is 0 Å². The standard InChI is InChI=1S/C11H8F6O/c12-10(13,14)9(11(15,16)17)8(18)6-7-4-2-1-3-5-7/h1-5,9H,6H2. The number of hydrogen-bond donors (Lipinski definition) is 0. The number of ketones is 1. The summed E-state index contributed by atoms with van der Waals surface area (Å²) in [6.45, 7) is 0. The van der Waals surface area contributed by atoms with E-state index < -0.39 is 30.5 Å². The van der Waals surface area contributed by atoms with Crippen molar-refractivity contribution >= 4 is 5.78 Å². The van der Waals surface area contributed by atoms with Gasteiger partial charge in [0.15, 0.2) is 5.78 Å². The Bertz CT molecular complexity index is 392. The van der Waals surface area contributed by atoms with Crippen molar-refractivity contribution in [2.45, 2.75) is 18.8 Å². The SMILES string of the molecule is O=C(Cc1ccccc1)C(C(F)(F)F)C(F)(F)F. The number of benzene rings is 1. The largest absolute Gasteiger partial charge is 0.407 e. The lowest BCUT2D eigenvalue weighted by molar-refractivity contribution is -0.273. The van der Waals surface area contributed by atoms with E-state index >= 15 is 0 Å². The number of halogens is 6. The van der Waals surface area contributed by atoms with Gasteiger partial charge in [-0.05, 0) is 5.56 Å². The van der Waals surface area contributed by atoms with Gasteiger partial charge in [0, 0.05) is 6.42 Å². The Morgan fingerprint density at radius 2 is 1.39 bits per heavy atom. The molecule has 0 unspecified atom stereocenters. The molecule has 0 aliphatic rings. The minimum Gasteiger partial charge on any atom is -0.298 e. The molecule has 0 radical (unpaired) electrons. The summed E-state index contributed by atoms with van der Waals surface area (Å²) in [6.07, 6.45) is -12.1. The third kappa shape index (κ3) is 3.75. The van der Waals surface area contributed by atoms with E-state index in [4.69, 9.17) is 0 Å². The highest BCUT2D eigenvalue weighted by Crippen LogP contribution is 2.40. The average molecular weight is 270 g/mol. The first-order valence-electron chi connectivity index (χ1n) is 4.82. The van der Waals surface area contributed by atoms with Crippen LogP contribution in [0.15, 0.2) is 30.3 Å². The molecule has 0 spiro atoms. The van der Waals surface area contributed by atoms with Crippen LogP contribution in [0, 0.1) is 5.92 Å². The second kappa shape index (κ2) is 4.99. The third-order valence-corrected chi connectivity index (χ3v) is 2.20. The molecule has 1 nitrogen and oxygen atoms in total. The van der Waals surface area contributed by atoms with Crippen molar-refractivity contribution < 1.29 is 31.1 Å². The van der Waals surface area contributed by atoms with Crippen molar-refractivity contribution in [3.8, 4) is 0 Å². The molecular weight excluding hydrogens is 262 g/mol. The molecule has 1 aromatic carbocycles. The van der Waals surface area contributed by atoms with Crippen LogP contribution in [0.5, 0.6) is 0 Å². The lowest BCUT2D eigenvalue weighted by Gasteiger charge is -2.21. The predicted octanol–water partition coefficient (Wildman–Crippen LogP) is 3.54. The maximum atomic E-state index is 12.2. The molecule has 0 atom stereocenters. The molecule has 1 rings (SSSR count). The minimum atomic E-state index is -5.62. The van der Waals surface area contributed by atoms with Crippen LogP contribution in [-0.4, -0.2) is 18.1 Å². The normalized spacial score (nSPS) is 12.8. The van der Waals surface area contributed by atoms with E-state index in [9.17, 15) is 31.1 Å². The number of hydrogen-bond acceptors (Lipinski definition) is 1. The van der Waals surface area contributed by atoms with E-state index in [2.05, 4.69) is 0 Å². The fraction of sp³-hybridized carbons (Fsp3) is 0.364. The van der Waals surface area contributed by atoms with Gasteiger partial charge in [0.1, 0.15) is 0 Å².